The van der Waals surface area contributed by atoms with Gasteiger partial charge >= 0.3 is 0 Å². The fraction of sp³-hybridized carbons (Fsp3) is 0.353. The van der Waals surface area contributed by atoms with Crippen LogP contribution in [0.15, 0.2) is 53.1 Å². The highest BCUT2D eigenvalue weighted by atomic mass is 32.2. The zero-order valence-electron chi connectivity index (χ0n) is 13.6. The number of carbonyl (C=O) groups excluding carboxylic acids is 1. The van der Waals surface area contributed by atoms with Crippen LogP contribution in [-0.2, 0) is 27.8 Å². The fourth-order valence-electron chi connectivity index (χ4n) is 2.24. The molecule has 0 atom stereocenters. The number of benzene rings is 1. The van der Waals surface area contributed by atoms with Gasteiger partial charge in [-0.15, -0.1) is 0 Å². The molecule has 2 rings (SSSR count). The summed E-state index contributed by atoms with van der Waals surface area (Å²) < 4.78 is 31.8. The second-order valence-corrected chi connectivity index (χ2v) is 7.40. The number of carbonyl (C=O) groups is 1. The summed E-state index contributed by atoms with van der Waals surface area (Å²) in [6, 6.07) is 13.0. The first-order valence-corrected chi connectivity index (χ1v) is 9.41. The molecule has 7 heteroatoms. The molecule has 130 valence electrons. The van der Waals surface area contributed by atoms with Crippen molar-refractivity contribution in [2.24, 2.45) is 0 Å². The van der Waals surface area contributed by atoms with Crippen LogP contribution < -0.4 is 4.72 Å². The van der Waals surface area contributed by atoms with Crippen LogP contribution in [0.5, 0.6) is 0 Å². The van der Waals surface area contributed by atoms with Crippen LogP contribution in [0.3, 0.4) is 0 Å². The van der Waals surface area contributed by atoms with Crippen LogP contribution in [0, 0.1) is 0 Å². The van der Waals surface area contributed by atoms with E-state index in [2.05, 4.69) is 4.72 Å². The first-order valence-electron chi connectivity index (χ1n) is 7.75. The van der Waals surface area contributed by atoms with Crippen molar-refractivity contribution in [3.05, 3.63) is 60.1 Å². The van der Waals surface area contributed by atoms with Gasteiger partial charge in [-0.2, -0.15) is 0 Å². The molecule has 0 saturated heterocycles. The summed E-state index contributed by atoms with van der Waals surface area (Å²) >= 11 is 0. The minimum Gasteiger partial charge on any atom is -0.467 e. The van der Waals surface area contributed by atoms with Crippen molar-refractivity contribution < 1.29 is 17.6 Å². The van der Waals surface area contributed by atoms with E-state index in [0.29, 0.717) is 25.3 Å². The van der Waals surface area contributed by atoms with Gasteiger partial charge in [0, 0.05) is 20.0 Å². The summed E-state index contributed by atoms with van der Waals surface area (Å²) in [7, 11) is -3.37. The van der Waals surface area contributed by atoms with Crippen molar-refractivity contribution in [1.29, 1.82) is 0 Å². The average molecular weight is 350 g/mol. The number of hydrogen-bond acceptors (Lipinski definition) is 4. The van der Waals surface area contributed by atoms with E-state index in [1.165, 1.54) is 6.92 Å². The van der Waals surface area contributed by atoms with Gasteiger partial charge in [0.1, 0.15) is 5.76 Å². The Bertz CT molecular complexity index is 727. The molecule has 24 heavy (non-hydrogen) atoms. The number of rotatable bonds is 9. The highest BCUT2D eigenvalue weighted by molar-refractivity contribution is 7.89. The van der Waals surface area contributed by atoms with Crippen molar-refractivity contribution in [2.75, 3.05) is 18.8 Å². The molecular weight excluding hydrogens is 328 g/mol. The third-order valence-electron chi connectivity index (χ3n) is 3.58. The second kappa shape index (κ2) is 8.65. The predicted molar refractivity (Wildman–Crippen MR) is 91.7 cm³/mol. The zero-order valence-corrected chi connectivity index (χ0v) is 14.5. The van der Waals surface area contributed by atoms with Crippen molar-refractivity contribution >= 4 is 15.9 Å². The SMILES string of the molecule is CC(=O)N(CCNS(=O)(=O)CCc1ccccc1)Cc1ccco1. The standard InChI is InChI=1S/C17H22N2O4S/c1-15(20)19(14-17-8-5-12-23-17)11-10-18-24(21,22)13-9-16-6-3-2-4-7-16/h2-8,12,18H,9-11,13-14H2,1H3. The molecule has 1 amide bonds. The number of hydrogen-bond donors (Lipinski definition) is 1. The Morgan fingerprint density at radius 3 is 2.54 bits per heavy atom. The zero-order chi connectivity index (χ0) is 17.4. The van der Waals surface area contributed by atoms with Gasteiger partial charge in [-0.25, -0.2) is 13.1 Å². The van der Waals surface area contributed by atoms with Gasteiger partial charge in [0.2, 0.25) is 15.9 Å². The van der Waals surface area contributed by atoms with E-state index in [1.807, 2.05) is 30.3 Å². The molecule has 1 heterocycles. The van der Waals surface area contributed by atoms with E-state index in [-0.39, 0.29) is 18.2 Å². The first-order chi connectivity index (χ1) is 11.5. The summed E-state index contributed by atoms with van der Waals surface area (Å²) in [4.78, 5) is 13.2. The van der Waals surface area contributed by atoms with Crippen LogP contribution in [0.4, 0.5) is 0 Å². The van der Waals surface area contributed by atoms with E-state index in [4.69, 9.17) is 4.42 Å². The number of nitrogens with one attached hydrogen (secondary N) is 1. The molecule has 1 N–H and O–H groups in total. The molecule has 0 bridgehead atoms. The van der Waals surface area contributed by atoms with Gasteiger partial charge in [0.15, 0.2) is 0 Å². The molecule has 0 aliphatic carbocycles. The smallest absolute Gasteiger partial charge is 0.219 e. The molecule has 2 aromatic rings. The van der Waals surface area contributed by atoms with E-state index in [1.54, 1.807) is 23.3 Å². The summed E-state index contributed by atoms with van der Waals surface area (Å²) in [6.45, 7) is 2.25. The highest BCUT2D eigenvalue weighted by Gasteiger charge is 2.14. The molecule has 6 nitrogen and oxygen atoms in total. The molecule has 0 spiro atoms. The Kier molecular flexibility index (Phi) is 6.57. The Morgan fingerprint density at radius 1 is 1.17 bits per heavy atom. The lowest BCUT2D eigenvalue weighted by Gasteiger charge is -2.20. The van der Waals surface area contributed by atoms with Crippen LogP contribution >= 0.6 is 0 Å². The molecule has 0 fully saturated rings. The van der Waals surface area contributed by atoms with Crippen LogP contribution in [0.25, 0.3) is 0 Å². The van der Waals surface area contributed by atoms with Gasteiger partial charge in [0.25, 0.3) is 0 Å². The lowest BCUT2D eigenvalue weighted by Crippen LogP contribution is -2.38. The highest BCUT2D eigenvalue weighted by Crippen LogP contribution is 2.05. The van der Waals surface area contributed by atoms with Crippen LogP contribution in [-0.4, -0.2) is 38.1 Å². The second-order valence-electron chi connectivity index (χ2n) is 5.47. The van der Waals surface area contributed by atoms with Crippen LogP contribution in [0.2, 0.25) is 0 Å². The Morgan fingerprint density at radius 2 is 1.92 bits per heavy atom. The normalized spacial score (nSPS) is 11.4. The average Bonchev–Trinajstić information content (AvgIpc) is 3.06. The Balaban J connectivity index is 1.78. The largest absolute Gasteiger partial charge is 0.467 e. The number of aryl methyl sites for hydroxylation is 1. The van der Waals surface area contributed by atoms with E-state index in [0.717, 1.165) is 5.56 Å². The number of sulfonamides is 1. The van der Waals surface area contributed by atoms with Gasteiger partial charge < -0.3 is 9.32 Å². The summed E-state index contributed by atoms with van der Waals surface area (Å²) in [5.41, 5.74) is 0.978. The monoisotopic (exact) mass is 350 g/mol. The lowest BCUT2D eigenvalue weighted by molar-refractivity contribution is -0.129. The molecular formula is C17H22N2O4S. The molecule has 1 aromatic heterocycles. The fourth-order valence-corrected chi connectivity index (χ4v) is 3.29. The lowest BCUT2D eigenvalue weighted by atomic mass is 10.2. The maximum absolute atomic E-state index is 12.0. The van der Waals surface area contributed by atoms with Crippen molar-refractivity contribution in [3.63, 3.8) is 0 Å². The molecule has 0 unspecified atom stereocenters. The van der Waals surface area contributed by atoms with E-state index >= 15 is 0 Å². The number of furan rings is 1. The van der Waals surface area contributed by atoms with Gasteiger partial charge in [-0.05, 0) is 24.1 Å². The Hall–Kier alpha value is -2.12. The summed E-state index contributed by atoms with van der Waals surface area (Å²) in [5, 5.41) is 0. The maximum Gasteiger partial charge on any atom is 0.219 e. The minimum atomic E-state index is -3.37. The molecule has 0 saturated carbocycles. The van der Waals surface area contributed by atoms with E-state index < -0.39 is 10.0 Å². The van der Waals surface area contributed by atoms with Gasteiger partial charge in [-0.1, -0.05) is 30.3 Å². The first kappa shape index (κ1) is 18.2. The van der Waals surface area contributed by atoms with Crippen LogP contribution in [0.1, 0.15) is 18.2 Å². The molecule has 0 aliphatic heterocycles. The van der Waals surface area contributed by atoms with Crippen molar-refractivity contribution in [3.8, 4) is 0 Å². The Labute approximate surface area is 142 Å². The third-order valence-corrected chi connectivity index (χ3v) is 4.96. The third kappa shape index (κ3) is 6.17. The van der Waals surface area contributed by atoms with Gasteiger partial charge in [0.05, 0.1) is 18.6 Å². The number of amides is 1. The summed E-state index contributed by atoms with van der Waals surface area (Å²) in [6.07, 6.45) is 2.00. The summed E-state index contributed by atoms with van der Waals surface area (Å²) in [5.74, 6) is 0.557. The minimum absolute atomic E-state index is 0.0231. The number of nitrogens with zero attached hydrogens (tertiary/aromatic N) is 1. The quantitative estimate of drug-likeness (QED) is 0.748. The van der Waals surface area contributed by atoms with Crippen molar-refractivity contribution in [1.82, 2.24) is 9.62 Å². The molecule has 0 radical (unpaired) electrons. The topological polar surface area (TPSA) is 79.6 Å². The predicted octanol–water partition coefficient (Wildman–Crippen LogP) is 1.79. The van der Waals surface area contributed by atoms with E-state index in [9.17, 15) is 13.2 Å². The molecule has 1 aromatic carbocycles. The van der Waals surface area contributed by atoms with Crippen molar-refractivity contribution in [2.45, 2.75) is 19.9 Å². The van der Waals surface area contributed by atoms with Gasteiger partial charge in [-0.3, -0.25) is 4.79 Å². The molecule has 0 aliphatic rings. The maximum atomic E-state index is 12.0.